The highest BCUT2D eigenvalue weighted by molar-refractivity contribution is 5.22. The molecule has 0 unspecified atom stereocenters. The third-order valence-electron chi connectivity index (χ3n) is 6.00. The average Bonchev–Trinajstić information content (AvgIpc) is 2.58. The van der Waals surface area contributed by atoms with Crippen LogP contribution in [0, 0.1) is 29.4 Å². The van der Waals surface area contributed by atoms with E-state index in [1.165, 1.54) is 50.7 Å². The summed E-state index contributed by atoms with van der Waals surface area (Å²) in [6.45, 7) is 3.92. The summed E-state index contributed by atoms with van der Waals surface area (Å²) in [6.07, 6.45) is 12.1. The zero-order chi connectivity index (χ0) is 15.5. The molecule has 2 aliphatic carbocycles. The van der Waals surface area contributed by atoms with Crippen molar-refractivity contribution in [2.75, 3.05) is 0 Å². The van der Waals surface area contributed by atoms with Gasteiger partial charge in [-0.25, -0.2) is 8.78 Å². The van der Waals surface area contributed by atoms with E-state index in [0.717, 1.165) is 36.2 Å². The molecule has 1 aromatic carbocycles. The molecule has 2 heteroatoms. The van der Waals surface area contributed by atoms with E-state index in [2.05, 4.69) is 12.7 Å². The Hall–Kier alpha value is -1.18. The minimum absolute atomic E-state index is 0. The van der Waals surface area contributed by atoms with Crippen LogP contribution in [0.5, 0.6) is 0 Å². The highest BCUT2D eigenvalue weighted by Gasteiger charge is 2.30. The predicted molar refractivity (Wildman–Crippen MR) is 90.9 cm³/mol. The van der Waals surface area contributed by atoms with E-state index in [1.807, 2.05) is 0 Å². The maximum atomic E-state index is 13.4. The maximum absolute atomic E-state index is 13.4. The van der Waals surface area contributed by atoms with Crippen LogP contribution in [0.3, 0.4) is 0 Å². The second-order valence-electron chi connectivity index (χ2n) is 7.20. The molecule has 22 heavy (non-hydrogen) atoms. The van der Waals surface area contributed by atoms with Gasteiger partial charge in [0.2, 0.25) is 0 Å². The molecule has 0 amide bonds. The van der Waals surface area contributed by atoms with Gasteiger partial charge in [0.25, 0.3) is 0 Å². The molecular weight excluding hydrogens is 278 g/mol. The molecule has 2 aliphatic rings. The van der Waals surface area contributed by atoms with Crippen molar-refractivity contribution < 1.29 is 11.6 Å². The summed E-state index contributed by atoms with van der Waals surface area (Å²) in [5.41, 5.74) is 0.979. The first-order chi connectivity index (χ1) is 10.7. The largest absolute Gasteiger partial charge is 0.204 e. The second-order valence-corrected chi connectivity index (χ2v) is 7.20. The van der Waals surface area contributed by atoms with Crippen molar-refractivity contribution in [2.45, 2.75) is 57.3 Å². The topological polar surface area (TPSA) is 0 Å². The Labute approximate surface area is 135 Å². The molecule has 0 N–H and O–H groups in total. The minimum atomic E-state index is -0.739. The first-order valence-corrected chi connectivity index (χ1v) is 8.75. The zero-order valence-electron chi connectivity index (χ0n) is 13.2. The molecule has 0 saturated heterocycles. The molecule has 0 spiro atoms. The molecule has 0 aliphatic heterocycles. The molecule has 0 bridgehead atoms. The van der Waals surface area contributed by atoms with Gasteiger partial charge in [0.05, 0.1) is 0 Å². The monoisotopic (exact) mass is 308 g/mol. The Balaban J connectivity index is 0.00000144. The highest BCUT2D eigenvalue weighted by atomic mass is 19.2. The predicted octanol–water partition coefficient (Wildman–Crippen LogP) is 6.72. The van der Waals surface area contributed by atoms with E-state index < -0.39 is 11.6 Å². The SMILES string of the molecule is C=CC1CCC(C2CCC(c3ccc(F)c(F)c3)CC2)CC1.[HH].[HH]. The number of allylic oxidation sites excluding steroid dienone is 1. The van der Waals surface area contributed by atoms with E-state index in [-0.39, 0.29) is 2.85 Å². The summed E-state index contributed by atoms with van der Waals surface area (Å²) in [5, 5.41) is 0. The third-order valence-corrected chi connectivity index (χ3v) is 6.00. The Morgan fingerprint density at radius 3 is 2.00 bits per heavy atom. The fourth-order valence-corrected chi connectivity index (χ4v) is 4.54. The van der Waals surface area contributed by atoms with Gasteiger partial charge in [-0.1, -0.05) is 12.1 Å². The molecule has 0 nitrogen and oxygen atoms in total. The van der Waals surface area contributed by atoms with Crippen LogP contribution in [0.4, 0.5) is 8.78 Å². The molecule has 0 heterocycles. The standard InChI is InChI=1S/C20H26F2.2H2/c1-2-14-3-5-15(6-4-14)16-7-9-17(10-8-16)18-11-12-19(21)20(22)13-18;;/h2,11-17H,1,3-10H2;2*1H. The first kappa shape index (κ1) is 15.7. The number of benzene rings is 1. The van der Waals surface area contributed by atoms with Gasteiger partial charge < -0.3 is 0 Å². The Morgan fingerprint density at radius 2 is 1.45 bits per heavy atom. The minimum Gasteiger partial charge on any atom is -0.204 e. The molecule has 3 rings (SSSR count). The molecule has 1 aromatic rings. The van der Waals surface area contributed by atoms with Crippen LogP contribution in [0.25, 0.3) is 0 Å². The lowest BCUT2D eigenvalue weighted by atomic mass is 9.68. The van der Waals surface area contributed by atoms with Gasteiger partial charge in [-0.2, -0.15) is 0 Å². The van der Waals surface area contributed by atoms with Crippen LogP contribution in [0.1, 0.15) is 65.7 Å². The summed E-state index contributed by atoms with van der Waals surface area (Å²) >= 11 is 0. The number of hydrogen-bond acceptors (Lipinski definition) is 0. The van der Waals surface area contributed by atoms with Gasteiger partial charge >= 0.3 is 0 Å². The van der Waals surface area contributed by atoms with E-state index in [0.29, 0.717) is 5.92 Å². The Kier molecular flexibility index (Phi) is 4.95. The molecule has 124 valence electrons. The lowest BCUT2D eigenvalue weighted by Crippen LogP contribution is -2.25. The van der Waals surface area contributed by atoms with Crippen molar-refractivity contribution in [3.05, 3.63) is 48.1 Å². The van der Waals surface area contributed by atoms with Crippen LogP contribution >= 0.6 is 0 Å². The molecular formula is C20H30F2. The van der Waals surface area contributed by atoms with Crippen LogP contribution < -0.4 is 0 Å². The Morgan fingerprint density at radius 1 is 0.864 bits per heavy atom. The molecule has 2 saturated carbocycles. The fourth-order valence-electron chi connectivity index (χ4n) is 4.54. The summed E-state index contributed by atoms with van der Waals surface area (Å²) in [6, 6.07) is 4.43. The van der Waals surface area contributed by atoms with Crippen LogP contribution in [0.15, 0.2) is 30.9 Å². The summed E-state index contributed by atoms with van der Waals surface area (Å²) < 4.78 is 26.4. The van der Waals surface area contributed by atoms with Gasteiger partial charge in [0.15, 0.2) is 11.6 Å². The van der Waals surface area contributed by atoms with Crippen molar-refractivity contribution in [3.63, 3.8) is 0 Å². The number of halogens is 2. The van der Waals surface area contributed by atoms with Crippen LogP contribution in [-0.2, 0) is 0 Å². The van der Waals surface area contributed by atoms with Gasteiger partial charge in [0, 0.05) is 2.85 Å². The number of rotatable bonds is 3. The van der Waals surface area contributed by atoms with Crippen molar-refractivity contribution >= 4 is 0 Å². The lowest BCUT2D eigenvalue weighted by Gasteiger charge is -2.37. The summed E-state index contributed by atoms with van der Waals surface area (Å²) in [5.74, 6) is 1.42. The molecule has 2 fully saturated rings. The Bertz CT molecular complexity index is 516. The van der Waals surface area contributed by atoms with Gasteiger partial charge in [-0.3, -0.25) is 0 Å². The normalized spacial score (nSPS) is 32.6. The van der Waals surface area contributed by atoms with Crippen molar-refractivity contribution in [1.82, 2.24) is 0 Å². The van der Waals surface area contributed by atoms with Gasteiger partial charge in [0.1, 0.15) is 0 Å². The first-order valence-electron chi connectivity index (χ1n) is 8.75. The van der Waals surface area contributed by atoms with E-state index in [9.17, 15) is 8.78 Å². The lowest BCUT2D eigenvalue weighted by molar-refractivity contribution is 0.171. The second kappa shape index (κ2) is 6.93. The smallest absolute Gasteiger partial charge is 0.159 e. The highest BCUT2D eigenvalue weighted by Crippen LogP contribution is 2.44. The van der Waals surface area contributed by atoms with E-state index in [1.54, 1.807) is 6.07 Å². The maximum Gasteiger partial charge on any atom is 0.159 e. The average molecular weight is 308 g/mol. The molecule has 0 atom stereocenters. The van der Waals surface area contributed by atoms with Crippen LogP contribution in [-0.4, -0.2) is 0 Å². The molecule has 0 aromatic heterocycles. The summed E-state index contributed by atoms with van der Waals surface area (Å²) in [7, 11) is 0. The van der Waals surface area contributed by atoms with E-state index >= 15 is 0 Å². The number of hydrogen-bond donors (Lipinski definition) is 0. The summed E-state index contributed by atoms with van der Waals surface area (Å²) in [4.78, 5) is 0. The van der Waals surface area contributed by atoms with Gasteiger partial charge in [-0.05, 0) is 92.7 Å². The fraction of sp³-hybridized carbons (Fsp3) is 0.600. The van der Waals surface area contributed by atoms with Crippen LogP contribution in [0.2, 0.25) is 0 Å². The van der Waals surface area contributed by atoms with Crippen molar-refractivity contribution in [2.24, 2.45) is 17.8 Å². The van der Waals surface area contributed by atoms with Crippen molar-refractivity contribution in [3.8, 4) is 0 Å². The molecule has 0 radical (unpaired) electrons. The van der Waals surface area contributed by atoms with E-state index in [4.69, 9.17) is 0 Å². The third kappa shape index (κ3) is 3.42. The zero-order valence-corrected chi connectivity index (χ0v) is 13.2. The van der Waals surface area contributed by atoms with Crippen molar-refractivity contribution in [1.29, 1.82) is 0 Å². The quantitative estimate of drug-likeness (QED) is 0.543. The van der Waals surface area contributed by atoms with Gasteiger partial charge in [-0.15, -0.1) is 6.58 Å².